The van der Waals surface area contributed by atoms with Crippen molar-refractivity contribution in [2.45, 2.75) is 34.2 Å². The van der Waals surface area contributed by atoms with Gasteiger partial charge in [0.05, 0.1) is 0 Å². The molecule has 0 fully saturated rings. The molecular formula is C18H23NO. The van der Waals surface area contributed by atoms with Crippen molar-refractivity contribution in [3.05, 3.63) is 58.7 Å². The van der Waals surface area contributed by atoms with E-state index in [2.05, 4.69) is 69.4 Å². The van der Waals surface area contributed by atoms with Crippen LogP contribution in [0.5, 0.6) is 11.5 Å². The Bertz CT molecular complexity index is 590. The van der Waals surface area contributed by atoms with Crippen LogP contribution in [0.25, 0.3) is 0 Å². The summed E-state index contributed by atoms with van der Waals surface area (Å²) in [5, 5.41) is 3.34. The standard InChI is InChI=1S/C18H23NO/c1-5-19-12-16-9-8-15(4)18(11-16)20-17-10-13(2)6-7-14(17)3/h6-11,19H,5,12H2,1-4H3. The molecule has 0 atom stereocenters. The molecule has 0 bridgehead atoms. The van der Waals surface area contributed by atoms with E-state index < -0.39 is 0 Å². The van der Waals surface area contributed by atoms with Gasteiger partial charge in [-0.05, 0) is 61.7 Å². The van der Waals surface area contributed by atoms with Gasteiger partial charge in [0.15, 0.2) is 0 Å². The lowest BCUT2D eigenvalue weighted by Gasteiger charge is -2.13. The fraction of sp³-hybridized carbons (Fsp3) is 0.333. The molecule has 2 nitrogen and oxygen atoms in total. The third-order valence-electron chi connectivity index (χ3n) is 3.40. The number of benzene rings is 2. The average molecular weight is 269 g/mol. The van der Waals surface area contributed by atoms with Crippen molar-refractivity contribution in [2.24, 2.45) is 0 Å². The minimum Gasteiger partial charge on any atom is -0.457 e. The van der Waals surface area contributed by atoms with E-state index in [1.165, 1.54) is 11.1 Å². The lowest BCUT2D eigenvalue weighted by Crippen LogP contribution is -2.11. The molecule has 106 valence electrons. The first kappa shape index (κ1) is 14.6. The molecule has 0 aliphatic rings. The van der Waals surface area contributed by atoms with Gasteiger partial charge in [0.25, 0.3) is 0 Å². The highest BCUT2D eigenvalue weighted by Crippen LogP contribution is 2.29. The molecule has 2 aromatic carbocycles. The smallest absolute Gasteiger partial charge is 0.130 e. The van der Waals surface area contributed by atoms with Crippen LogP contribution in [0.1, 0.15) is 29.2 Å². The van der Waals surface area contributed by atoms with Crippen LogP contribution in [-0.2, 0) is 6.54 Å². The molecule has 1 N–H and O–H groups in total. The second kappa shape index (κ2) is 6.58. The Morgan fingerprint density at radius 3 is 2.25 bits per heavy atom. The second-order valence-corrected chi connectivity index (χ2v) is 5.25. The molecule has 0 heterocycles. The van der Waals surface area contributed by atoms with Crippen LogP contribution in [0, 0.1) is 20.8 Å². The fourth-order valence-corrected chi connectivity index (χ4v) is 2.07. The van der Waals surface area contributed by atoms with Gasteiger partial charge in [0, 0.05) is 6.54 Å². The van der Waals surface area contributed by atoms with Gasteiger partial charge >= 0.3 is 0 Å². The van der Waals surface area contributed by atoms with Gasteiger partial charge in [-0.2, -0.15) is 0 Å². The van der Waals surface area contributed by atoms with Gasteiger partial charge < -0.3 is 10.1 Å². The van der Waals surface area contributed by atoms with Gasteiger partial charge in [0.1, 0.15) is 11.5 Å². The molecule has 0 spiro atoms. The van der Waals surface area contributed by atoms with E-state index in [1.807, 2.05) is 0 Å². The summed E-state index contributed by atoms with van der Waals surface area (Å²) in [4.78, 5) is 0. The van der Waals surface area contributed by atoms with Crippen LogP contribution in [0.3, 0.4) is 0 Å². The van der Waals surface area contributed by atoms with Crippen LogP contribution < -0.4 is 10.1 Å². The number of ether oxygens (including phenoxy) is 1. The van der Waals surface area contributed by atoms with Crippen LogP contribution in [-0.4, -0.2) is 6.54 Å². The van der Waals surface area contributed by atoms with E-state index in [4.69, 9.17) is 4.74 Å². The van der Waals surface area contributed by atoms with Crippen LogP contribution >= 0.6 is 0 Å². The van der Waals surface area contributed by atoms with Gasteiger partial charge in [-0.1, -0.05) is 31.2 Å². The number of hydrogen-bond donors (Lipinski definition) is 1. The second-order valence-electron chi connectivity index (χ2n) is 5.25. The van der Waals surface area contributed by atoms with Gasteiger partial charge in [-0.3, -0.25) is 0 Å². The maximum absolute atomic E-state index is 6.11. The third kappa shape index (κ3) is 3.61. The Morgan fingerprint density at radius 1 is 0.900 bits per heavy atom. The number of rotatable bonds is 5. The van der Waals surface area contributed by atoms with Crippen LogP contribution in [0.2, 0.25) is 0 Å². The topological polar surface area (TPSA) is 21.3 Å². The van der Waals surface area contributed by atoms with E-state index >= 15 is 0 Å². The van der Waals surface area contributed by atoms with Crippen molar-refractivity contribution in [3.8, 4) is 11.5 Å². The molecule has 2 heteroatoms. The van der Waals surface area contributed by atoms with E-state index in [-0.39, 0.29) is 0 Å². The van der Waals surface area contributed by atoms with E-state index in [0.29, 0.717) is 0 Å². The Morgan fingerprint density at radius 2 is 1.55 bits per heavy atom. The highest BCUT2D eigenvalue weighted by Gasteiger charge is 2.06. The van der Waals surface area contributed by atoms with Crippen LogP contribution in [0.15, 0.2) is 36.4 Å². The largest absolute Gasteiger partial charge is 0.457 e. The maximum atomic E-state index is 6.11. The van der Waals surface area contributed by atoms with E-state index in [0.717, 1.165) is 35.7 Å². The lowest BCUT2D eigenvalue weighted by molar-refractivity contribution is 0.473. The SMILES string of the molecule is CCNCc1ccc(C)c(Oc2cc(C)ccc2C)c1. The molecule has 0 radical (unpaired) electrons. The van der Waals surface area contributed by atoms with Crippen molar-refractivity contribution < 1.29 is 4.74 Å². The third-order valence-corrected chi connectivity index (χ3v) is 3.40. The van der Waals surface area contributed by atoms with E-state index in [9.17, 15) is 0 Å². The molecule has 0 aliphatic heterocycles. The summed E-state index contributed by atoms with van der Waals surface area (Å²) in [5.74, 6) is 1.88. The van der Waals surface area contributed by atoms with Crippen molar-refractivity contribution in [1.82, 2.24) is 5.32 Å². The first-order chi connectivity index (χ1) is 9.60. The zero-order valence-corrected chi connectivity index (χ0v) is 12.8. The highest BCUT2D eigenvalue weighted by molar-refractivity contribution is 5.43. The quantitative estimate of drug-likeness (QED) is 0.862. The summed E-state index contributed by atoms with van der Waals surface area (Å²) in [6.07, 6.45) is 0. The molecule has 0 unspecified atom stereocenters. The van der Waals surface area contributed by atoms with Crippen molar-refractivity contribution in [1.29, 1.82) is 0 Å². The molecular weight excluding hydrogens is 246 g/mol. The normalized spacial score (nSPS) is 10.6. The minimum atomic E-state index is 0.875. The Kier molecular flexibility index (Phi) is 4.80. The van der Waals surface area contributed by atoms with Gasteiger partial charge in [0.2, 0.25) is 0 Å². The van der Waals surface area contributed by atoms with Crippen LogP contribution in [0.4, 0.5) is 0 Å². The molecule has 2 rings (SSSR count). The first-order valence-corrected chi connectivity index (χ1v) is 7.15. The van der Waals surface area contributed by atoms with Crippen molar-refractivity contribution >= 4 is 0 Å². The Labute approximate surface area is 121 Å². The monoisotopic (exact) mass is 269 g/mol. The summed E-state index contributed by atoms with van der Waals surface area (Å²) >= 11 is 0. The molecule has 20 heavy (non-hydrogen) atoms. The Hall–Kier alpha value is -1.80. The zero-order valence-electron chi connectivity index (χ0n) is 12.8. The van der Waals surface area contributed by atoms with Gasteiger partial charge in [-0.15, -0.1) is 0 Å². The minimum absolute atomic E-state index is 0.875. The van der Waals surface area contributed by atoms with Crippen molar-refractivity contribution in [2.75, 3.05) is 6.54 Å². The summed E-state index contributed by atoms with van der Waals surface area (Å²) in [7, 11) is 0. The fourth-order valence-electron chi connectivity index (χ4n) is 2.07. The molecule has 0 aliphatic carbocycles. The summed E-state index contributed by atoms with van der Waals surface area (Å²) in [6, 6.07) is 12.7. The molecule has 0 saturated heterocycles. The predicted octanol–water partition coefficient (Wildman–Crippen LogP) is 4.51. The zero-order chi connectivity index (χ0) is 14.5. The predicted molar refractivity (Wildman–Crippen MR) is 84.5 cm³/mol. The summed E-state index contributed by atoms with van der Waals surface area (Å²) < 4.78 is 6.11. The maximum Gasteiger partial charge on any atom is 0.130 e. The van der Waals surface area contributed by atoms with Gasteiger partial charge in [-0.25, -0.2) is 0 Å². The average Bonchev–Trinajstić information content (AvgIpc) is 2.43. The summed E-state index contributed by atoms with van der Waals surface area (Å²) in [5.41, 5.74) is 4.78. The molecule has 2 aromatic rings. The lowest BCUT2D eigenvalue weighted by atomic mass is 10.1. The molecule has 0 amide bonds. The molecule has 0 saturated carbocycles. The Balaban J connectivity index is 2.25. The highest BCUT2D eigenvalue weighted by atomic mass is 16.5. The number of aryl methyl sites for hydroxylation is 3. The summed E-state index contributed by atoms with van der Waals surface area (Å²) in [6.45, 7) is 10.2. The van der Waals surface area contributed by atoms with Crippen molar-refractivity contribution in [3.63, 3.8) is 0 Å². The first-order valence-electron chi connectivity index (χ1n) is 7.15. The number of nitrogens with one attached hydrogen (secondary N) is 1. The number of hydrogen-bond acceptors (Lipinski definition) is 2. The van der Waals surface area contributed by atoms with E-state index in [1.54, 1.807) is 0 Å². The molecule has 0 aromatic heterocycles.